The van der Waals surface area contributed by atoms with Crippen molar-refractivity contribution in [3.8, 4) is 5.88 Å². The van der Waals surface area contributed by atoms with Crippen LogP contribution in [-0.4, -0.2) is 81.3 Å². The molecule has 1 fully saturated rings. The van der Waals surface area contributed by atoms with Crippen LogP contribution in [0.2, 0.25) is 0 Å². The topological polar surface area (TPSA) is 171 Å². The maximum atomic E-state index is 13.0. The molecule has 3 aromatic rings. The van der Waals surface area contributed by atoms with Crippen LogP contribution < -0.4 is 15.4 Å². The van der Waals surface area contributed by atoms with Crippen molar-refractivity contribution in [1.29, 1.82) is 0 Å². The normalized spacial score (nSPS) is 15.3. The average molecular weight is 568 g/mol. The van der Waals surface area contributed by atoms with Crippen molar-refractivity contribution >= 4 is 57.9 Å². The van der Waals surface area contributed by atoms with E-state index in [1.807, 2.05) is 6.07 Å². The molecule has 4 N–H and O–H groups in total. The lowest BCUT2D eigenvalue weighted by molar-refractivity contribution is -0.159. The van der Waals surface area contributed by atoms with Gasteiger partial charge in [0, 0.05) is 29.6 Å². The Kier molecular flexibility index (Phi) is 9.51. The number of hydrogen-bond acceptors (Lipinski definition) is 9. The molecule has 40 heavy (non-hydrogen) atoms. The van der Waals surface area contributed by atoms with Crippen molar-refractivity contribution in [3.05, 3.63) is 48.2 Å². The lowest BCUT2D eigenvalue weighted by atomic mass is 9.95. The molecule has 0 aliphatic carbocycles. The highest BCUT2D eigenvalue weighted by Crippen LogP contribution is 2.32. The first-order chi connectivity index (χ1) is 19.2. The van der Waals surface area contributed by atoms with E-state index in [-0.39, 0.29) is 17.7 Å². The Balaban J connectivity index is 0.000000557. The summed E-state index contributed by atoms with van der Waals surface area (Å²) < 4.78 is 5.22. The first kappa shape index (κ1) is 28.8. The maximum absolute atomic E-state index is 13.0. The van der Waals surface area contributed by atoms with E-state index in [0.29, 0.717) is 28.4 Å². The van der Waals surface area contributed by atoms with Gasteiger partial charge in [0.1, 0.15) is 5.52 Å². The maximum Gasteiger partial charge on any atom is 0.414 e. The molecule has 0 atom stereocenters. The Morgan fingerprint density at radius 3 is 2.58 bits per heavy atom. The van der Waals surface area contributed by atoms with Crippen molar-refractivity contribution in [2.45, 2.75) is 24.2 Å². The number of amides is 2. The van der Waals surface area contributed by atoms with Crippen molar-refractivity contribution in [2.24, 2.45) is 5.92 Å². The van der Waals surface area contributed by atoms with Crippen LogP contribution in [0, 0.1) is 5.92 Å². The second kappa shape index (κ2) is 13.2. The molecule has 4 heterocycles. The van der Waals surface area contributed by atoms with E-state index in [4.69, 9.17) is 24.5 Å². The highest BCUT2D eigenvalue weighted by molar-refractivity contribution is 8.00. The van der Waals surface area contributed by atoms with Crippen LogP contribution in [0.25, 0.3) is 11.0 Å². The number of aliphatic carboxylic acids is 2. The minimum atomic E-state index is -1.82. The SMILES string of the molecule is COc1ccc2nccc(NC(=O)C3CCN(CCc4ccc5c(c4)NC(=O)CS5)CC3)c2n1.O=C(O)C(=O)O. The molecule has 0 bridgehead atoms. The predicted molar refractivity (Wildman–Crippen MR) is 149 cm³/mol. The Morgan fingerprint density at radius 1 is 1.12 bits per heavy atom. The number of aromatic nitrogens is 2. The van der Waals surface area contributed by atoms with Gasteiger partial charge in [-0.1, -0.05) is 6.07 Å². The zero-order valence-electron chi connectivity index (χ0n) is 21.8. The summed E-state index contributed by atoms with van der Waals surface area (Å²) in [6.07, 6.45) is 4.24. The molecule has 2 aliphatic rings. The second-order valence-electron chi connectivity index (χ2n) is 9.21. The molecular formula is C27H29N5O7S. The van der Waals surface area contributed by atoms with Gasteiger partial charge in [0.05, 0.1) is 29.8 Å². The Morgan fingerprint density at radius 2 is 1.88 bits per heavy atom. The van der Waals surface area contributed by atoms with Crippen LogP contribution in [0.4, 0.5) is 11.4 Å². The van der Waals surface area contributed by atoms with E-state index in [2.05, 4.69) is 43.7 Å². The van der Waals surface area contributed by atoms with Crippen molar-refractivity contribution in [1.82, 2.24) is 14.9 Å². The van der Waals surface area contributed by atoms with Gasteiger partial charge < -0.3 is 30.5 Å². The summed E-state index contributed by atoms with van der Waals surface area (Å²) in [7, 11) is 1.57. The van der Waals surface area contributed by atoms with Crippen LogP contribution in [0.5, 0.6) is 5.88 Å². The highest BCUT2D eigenvalue weighted by Gasteiger charge is 2.25. The van der Waals surface area contributed by atoms with Crippen LogP contribution >= 0.6 is 11.8 Å². The molecular weight excluding hydrogens is 538 g/mol. The average Bonchev–Trinajstić information content (AvgIpc) is 2.96. The van der Waals surface area contributed by atoms with Crippen molar-refractivity contribution in [2.75, 3.05) is 43.1 Å². The molecule has 1 aromatic carbocycles. The first-order valence-corrected chi connectivity index (χ1v) is 13.6. The fourth-order valence-corrected chi connectivity index (χ4v) is 5.24. The molecule has 0 saturated carbocycles. The lowest BCUT2D eigenvalue weighted by Crippen LogP contribution is -2.39. The summed E-state index contributed by atoms with van der Waals surface area (Å²) in [4.78, 5) is 55.1. The number of rotatable bonds is 6. The van der Waals surface area contributed by atoms with Crippen LogP contribution in [0.15, 0.2) is 47.5 Å². The minimum Gasteiger partial charge on any atom is -0.481 e. The monoisotopic (exact) mass is 567 g/mol. The molecule has 2 aliphatic heterocycles. The number of nitrogens with zero attached hydrogens (tertiary/aromatic N) is 3. The summed E-state index contributed by atoms with van der Waals surface area (Å²) in [6.45, 7) is 2.71. The van der Waals surface area contributed by atoms with Gasteiger partial charge in [-0.3, -0.25) is 14.6 Å². The zero-order chi connectivity index (χ0) is 28.6. The summed E-state index contributed by atoms with van der Waals surface area (Å²) in [6, 6.07) is 11.7. The van der Waals surface area contributed by atoms with Gasteiger partial charge in [-0.2, -0.15) is 0 Å². The van der Waals surface area contributed by atoms with Crippen molar-refractivity contribution in [3.63, 3.8) is 0 Å². The number of fused-ring (bicyclic) bond motifs is 2. The van der Waals surface area contributed by atoms with Crippen molar-refractivity contribution < 1.29 is 34.1 Å². The summed E-state index contributed by atoms with van der Waals surface area (Å²) in [5, 5.41) is 20.8. The number of carbonyl (C=O) groups is 4. The van der Waals surface area contributed by atoms with Gasteiger partial charge in [0.25, 0.3) is 0 Å². The number of piperidine rings is 1. The number of likely N-dealkylation sites (tertiary alicyclic amines) is 1. The molecule has 0 radical (unpaired) electrons. The molecule has 0 spiro atoms. The van der Waals surface area contributed by atoms with E-state index in [1.165, 1.54) is 5.56 Å². The number of carbonyl (C=O) groups excluding carboxylic acids is 2. The van der Waals surface area contributed by atoms with Gasteiger partial charge in [-0.25, -0.2) is 14.6 Å². The lowest BCUT2D eigenvalue weighted by Gasteiger charge is -2.31. The Labute approximate surface area is 234 Å². The molecule has 2 amide bonds. The predicted octanol–water partition coefficient (Wildman–Crippen LogP) is 2.73. The van der Waals surface area contributed by atoms with Gasteiger partial charge in [-0.15, -0.1) is 11.8 Å². The van der Waals surface area contributed by atoms with Gasteiger partial charge in [0.15, 0.2) is 0 Å². The fraction of sp³-hybridized carbons (Fsp3) is 0.333. The number of pyridine rings is 2. The molecule has 0 unspecified atom stereocenters. The van der Waals surface area contributed by atoms with Crippen LogP contribution in [-0.2, 0) is 25.6 Å². The second-order valence-corrected chi connectivity index (χ2v) is 10.2. The highest BCUT2D eigenvalue weighted by atomic mass is 32.2. The molecule has 2 aromatic heterocycles. The third-order valence-electron chi connectivity index (χ3n) is 6.56. The Bertz CT molecular complexity index is 1410. The summed E-state index contributed by atoms with van der Waals surface area (Å²) >= 11 is 1.58. The van der Waals surface area contributed by atoms with E-state index < -0.39 is 11.9 Å². The number of methoxy groups -OCH3 is 1. The quantitative estimate of drug-likeness (QED) is 0.323. The number of hydrogen-bond donors (Lipinski definition) is 4. The fourth-order valence-electron chi connectivity index (χ4n) is 4.45. The smallest absolute Gasteiger partial charge is 0.414 e. The number of ether oxygens (including phenoxy) is 1. The molecule has 13 heteroatoms. The number of carboxylic acid groups (broad SMARTS) is 2. The van der Waals surface area contributed by atoms with Gasteiger partial charge >= 0.3 is 11.9 Å². The summed E-state index contributed by atoms with van der Waals surface area (Å²) in [5.41, 5.74) is 4.15. The Hall–Kier alpha value is -4.23. The first-order valence-electron chi connectivity index (χ1n) is 12.6. The van der Waals surface area contributed by atoms with E-state index in [1.54, 1.807) is 37.2 Å². The van der Waals surface area contributed by atoms with Gasteiger partial charge in [-0.05, 0) is 62.2 Å². The molecule has 12 nitrogen and oxygen atoms in total. The number of carboxylic acids is 2. The number of thioether (sulfide) groups is 1. The zero-order valence-corrected chi connectivity index (χ0v) is 22.6. The van der Waals surface area contributed by atoms with E-state index in [9.17, 15) is 9.59 Å². The number of nitrogens with one attached hydrogen (secondary N) is 2. The standard InChI is InChI=1S/C25H27N5O3S.C2H2O4/c1-33-23-5-3-18-24(29-23)19(6-10-26-18)28-25(32)17-8-12-30(13-9-17)11-7-16-2-4-21-20(14-16)27-22(31)15-34-21;3-1(4)2(5)6/h2-6,10,14,17H,7-9,11-13,15H2,1H3,(H,27,31)(H,26,28,32);(H,3,4)(H,5,6). The molecule has 1 saturated heterocycles. The summed E-state index contributed by atoms with van der Waals surface area (Å²) in [5.74, 6) is -2.61. The van der Waals surface area contributed by atoms with Crippen LogP contribution in [0.3, 0.4) is 0 Å². The number of anilines is 2. The van der Waals surface area contributed by atoms with Gasteiger partial charge in [0.2, 0.25) is 17.7 Å². The van der Waals surface area contributed by atoms with Crippen LogP contribution in [0.1, 0.15) is 18.4 Å². The van der Waals surface area contributed by atoms with E-state index in [0.717, 1.165) is 49.5 Å². The number of benzene rings is 1. The molecule has 5 rings (SSSR count). The van der Waals surface area contributed by atoms with E-state index >= 15 is 0 Å². The third kappa shape index (κ3) is 7.45. The third-order valence-corrected chi connectivity index (χ3v) is 7.63. The minimum absolute atomic E-state index is 0.0268. The molecule has 210 valence electrons. The largest absolute Gasteiger partial charge is 0.481 e.